The smallest absolute Gasteiger partial charge is 0.145 e. The Hall–Kier alpha value is -1.55. The van der Waals surface area contributed by atoms with E-state index in [-0.39, 0.29) is 11.5 Å². The molecule has 0 amide bonds. The van der Waals surface area contributed by atoms with Crippen LogP contribution >= 0.6 is 11.6 Å². The standard InChI is InChI=1S/C30H37ClF4/c1-2-3-4-19-5-7-20(8-6-19)9-10-21-11-13-22(14-12-21)23-15-25(32)29(26(33)16-23)24-17-27(34)30(31)28(35)18-24/h15-22H,2-14H2,1H3/t19-,20-,21-,22-. The van der Waals surface area contributed by atoms with E-state index < -0.39 is 33.9 Å². The molecule has 2 fully saturated rings. The van der Waals surface area contributed by atoms with Crippen LogP contribution in [0.2, 0.25) is 5.02 Å². The van der Waals surface area contributed by atoms with Crippen molar-refractivity contribution in [3.8, 4) is 11.1 Å². The predicted molar refractivity (Wildman–Crippen MR) is 136 cm³/mol. The summed E-state index contributed by atoms with van der Waals surface area (Å²) in [5.74, 6) is -0.999. The molecule has 2 aliphatic rings. The second-order valence-electron chi connectivity index (χ2n) is 10.9. The molecule has 2 aromatic rings. The maximum atomic E-state index is 14.9. The number of rotatable bonds is 8. The fourth-order valence-electron chi connectivity index (χ4n) is 6.36. The van der Waals surface area contributed by atoms with Crippen LogP contribution in [-0.2, 0) is 0 Å². The lowest BCUT2D eigenvalue weighted by Gasteiger charge is -2.32. The molecule has 0 atom stereocenters. The number of benzene rings is 2. The van der Waals surface area contributed by atoms with Crippen molar-refractivity contribution < 1.29 is 17.6 Å². The van der Waals surface area contributed by atoms with E-state index in [2.05, 4.69) is 6.92 Å². The summed E-state index contributed by atoms with van der Waals surface area (Å²) in [5.41, 5.74) is 0.0397. The van der Waals surface area contributed by atoms with Crippen molar-refractivity contribution in [3.05, 3.63) is 58.1 Å². The highest BCUT2D eigenvalue weighted by Crippen LogP contribution is 2.41. The zero-order chi connectivity index (χ0) is 24.9. The average Bonchev–Trinajstić information content (AvgIpc) is 2.85. The van der Waals surface area contributed by atoms with Gasteiger partial charge in [-0.2, -0.15) is 0 Å². The molecule has 0 saturated heterocycles. The third-order valence-corrected chi connectivity index (χ3v) is 8.93. The van der Waals surface area contributed by atoms with Crippen molar-refractivity contribution in [3.63, 3.8) is 0 Å². The van der Waals surface area contributed by atoms with Gasteiger partial charge in [0.1, 0.15) is 28.3 Å². The van der Waals surface area contributed by atoms with Gasteiger partial charge in [0.25, 0.3) is 0 Å². The van der Waals surface area contributed by atoms with E-state index in [9.17, 15) is 17.6 Å². The Labute approximate surface area is 212 Å². The Morgan fingerprint density at radius 2 is 1.11 bits per heavy atom. The first-order valence-corrected chi connectivity index (χ1v) is 13.9. The summed E-state index contributed by atoms with van der Waals surface area (Å²) >= 11 is 5.51. The molecule has 0 radical (unpaired) electrons. The second-order valence-corrected chi connectivity index (χ2v) is 11.3. The molecule has 0 nitrogen and oxygen atoms in total. The van der Waals surface area contributed by atoms with Crippen LogP contribution in [0.1, 0.15) is 102 Å². The molecule has 35 heavy (non-hydrogen) atoms. The van der Waals surface area contributed by atoms with Crippen molar-refractivity contribution in [1.82, 2.24) is 0 Å². The molecule has 5 heteroatoms. The molecular weight excluding hydrogens is 472 g/mol. The van der Waals surface area contributed by atoms with Crippen molar-refractivity contribution in [2.24, 2.45) is 17.8 Å². The molecule has 0 bridgehead atoms. The monoisotopic (exact) mass is 508 g/mol. The van der Waals surface area contributed by atoms with E-state index in [1.165, 1.54) is 69.9 Å². The van der Waals surface area contributed by atoms with E-state index >= 15 is 0 Å². The number of unbranched alkanes of at least 4 members (excludes halogenated alkanes) is 1. The van der Waals surface area contributed by atoms with Gasteiger partial charge in [0.2, 0.25) is 0 Å². The fourth-order valence-corrected chi connectivity index (χ4v) is 6.47. The third-order valence-electron chi connectivity index (χ3n) is 8.57. The van der Waals surface area contributed by atoms with E-state index in [1.54, 1.807) is 0 Å². The third kappa shape index (κ3) is 6.61. The van der Waals surface area contributed by atoms with Crippen LogP contribution in [0.25, 0.3) is 11.1 Å². The molecule has 0 unspecified atom stereocenters. The van der Waals surface area contributed by atoms with Gasteiger partial charge < -0.3 is 0 Å². The van der Waals surface area contributed by atoms with Crippen LogP contribution in [0.4, 0.5) is 17.6 Å². The number of hydrogen-bond acceptors (Lipinski definition) is 0. The van der Waals surface area contributed by atoms with E-state index in [0.29, 0.717) is 11.5 Å². The highest BCUT2D eigenvalue weighted by molar-refractivity contribution is 6.31. The first-order chi connectivity index (χ1) is 16.9. The van der Waals surface area contributed by atoms with Gasteiger partial charge in [-0.15, -0.1) is 0 Å². The molecule has 2 aliphatic carbocycles. The molecule has 0 heterocycles. The van der Waals surface area contributed by atoms with Crippen LogP contribution in [0.15, 0.2) is 24.3 Å². The zero-order valence-electron chi connectivity index (χ0n) is 20.7. The molecule has 0 aliphatic heterocycles. The first-order valence-electron chi connectivity index (χ1n) is 13.5. The summed E-state index contributed by atoms with van der Waals surface area (Å²) in [6, 6.07) is 4.42. The fraction of sp³-hybridized carbons (Fsp3) is 0.600. The Morgan fingerprint density at radius 1 is 0.657 bits per heavy atom. The summed E-state index contributed by atoms with van der Waals surface area (Å²) < 4.78 is 57.4. The molecular formula is C30H37ClF4. The van der Waals surface area contributed by atoms with Gasteiger partial charge in [-0.25, -0.2) is 17.6 Å². The van der Waals surface area contributed by atoms with Crippen LogP contribution in [0.5, 0.6) is 0 Å². The topological polar surface area (TPSA) is 0 Å². The van der Waals surface area contributed by atoms with Gasteiger partial charge in [0, 0.05) is 0 Å². The summed E-state index contributed by atoms with van der Waals surface area (Å²) in [6.45, 7) is 2.27. The minimum absolute atomic E-state index is 0.122. The zero-order valence-corrected chi connectivity index (χ0v) is 21.5. The lowest BCUT2D eigenvalue weighted by Crippen LogP contribution is -2.18. The van der Waals surface area contributed by atoms with Gasteiger partial charge in [-0.1, -0.05) is 76.3 Å². The Balaban J connectivity index is 1.30. The summed E-state index contributed by atoms with van der Waals surface area (Å²) in [4.78, 5) is 0. The summed E-state index contributed by atoms with van der Waals surface area (Å²) in [6.07, 6.45) is 16.3. The van der Waals surface area contributed by atoms with Gasteiger partial charge >= 0.3 is 0 Å². The quantitative estimate of drug-likeness (QED) is 0.245. The molecule has 4 rings (SSSR count). The van der Waals surface area contributed by atoms with Crippen molar-refractivity contribution in [1.29, 1.82) is 0 Å². The highest BCUT2D eigenvalue weighted by Gasteiger charge is 2.27. The number of hydrogen-bond donors (Lipinski definition) is 0. The molecule has 0 aromatic heterocycles. The molecule has 2 saturated carbocycles. The van der Waals surface area contributed by atoms with E-state index in [1.807, 2.05) is 0 Å². The van der Waals surface area contributed by atoms with Gasteiger partial charge in [0.15, 0.2) is 0 Å². The Morgan fingerprint density at radius 3 is 1.60 bits per heavy atom. The lowest BCUT2D eigenvalue weighted by atomic mass is 9.74. The maximum absolute atomic E-state index is 14.9. The molecule has 0 N–H and O–H groups in total. The van der Waals surface area contributed by atoms with Crippen molar-refractivity contribution >= 4 is 11.6 Å². The van der Waals surface area contributed by atoms with Gasteiger partial charge in [0.05, 0.1) is 5.56 Å². The normalized spacial score (nSPS) is 25.1. The maximum Gasteiger partial charge on any atom is 0.145 e. The predicted octanol–water partition coefficient (Wildman–Crippen LogP) is 10.6. The minimum Gasteiger partial charge on any atom is -0.206 e. The van der Waals surface area contributed by atoms with E-state index in [4.69, 9.17) is 11.6 Å². The molecule has 2 aromatic carbocycles. The Kier molecular flexibility index (Phi) is 9.18. The Bertz CT molecular complexity index is 942. The van der Waals surface area contributed by atoms with Crippen LogP contribution < -0.4 is 0 Å². The lowest BCUT2D eigenvalue weighted by molar-refractivity contribution is 0.222. The molecule has 192 valence electrons. The van der Waals surface area contributed by atoms with Crippen molar-refractivity contribution in [2.75, 3.05) is 0 Å². The summed E-state index contributed by atoms with van der Waals surface area (Å²) in [5, 5.41) is -0.678. The van der Waals surface area contributed by atoms with E-state index in [0.717, 1.165) is 49.7 Å². The number of halogens is 5. The van der Waals surface area contributed by atoms with Crippen LogP contribution in [-0.4, -0.2) is 0 Å². The largest absolute Gasteiger partial charge is 0.206 e. The van der Waals surface area contributed by atoms with Gasteiger partial charge in [-0.05, 0) is 84.7 Å². The van der Waals surface area contributed by atoms with Gasteiger partial charge in [-0.3, -0.25) is 0 Å². The average molecular weight is 509 g/mol. The minimum atomic E-state index is -1.03. The summed E-state index contributed by atoms with van der Waals surface area (Å²) in [7, 11) is 0. The van der Waals surface area contributed by atoms with Crippen molar-refractivity contribution in [2.45, 2.75) is 96.3 Å². The molecule has 0 spiro atoms. The first kappa shape index (κ1) is 26.5. The van der Waals surface area contributed by atoms with Crippen LogP contribution in [0, 0.1) is 41.0 Å². The SMILES string of the molecule is CCCC[C@H]1CC[C@H](CC[C@H]2CC[C@H](c3cc(F)c(-c4cc(F)c(Cl)c(F)c4)c(F)c3)CC2)CC1. The second kappa shape index (κ2) is 12.1. The highest BCUT2D eigenvalue weighted by atomic mass is 35.5. The van der Waals surface area contributed by atoms with Crippen LogP contribution in [0.3, 0.4) is 0 Å².